The lowest BCUT2D eigenvalue weighted by Crippen LogP contribution is -2.45. The van der Waals surface area contributed by atoms with Gasteiger partial charge in [0.25, 0.3) is 0 Å². The summed E-state index contributed by atoms with van der Waals surface area (Å²) in [4.78, 5) is 12.0. The van der Waals surface area contributed by atoms with E-state index in [1.54, 1.807) is 0 Å². The van der Waals surface area contributed by atoms with Crippen molar-refractivity contribution in [2.75, 3.05) is 19.6 Å². The van der Waals surface area contributed by atoms with Crippen LogP contribution in [-0.4, -0.2) is 25.5 Å². The van der Waals surface area contributed by atoms with Crippen LogP contribution in [0.4, 0.5) is 0 Å². The van der Waals surface area contributed by atoms with Crippen LogP contribution in [0, 0.1) is 11.3 Å². The second-order valence-corrected chi connectivity index (χ2v) is 5.39. The van der Waals surface area contributed by atoms with Crippen molar-refractivity contribution < 1.29 is 4.79 Å². The van der Waals surface area contributed by atoms with Crippen LogP contribution in [0.2, 0.25) is 0 Å². The van der Waals surface area contributed by atoms with Crippen molar-refractivity contribution in [3.05, 3.63) is 0 Å². The molecule has 1 saturated carbocycles. The minimum Gasteiger partial charge on any atom is -0.356 e. The molecule has 0 aromatic heterocycles. The van der Waals surface area contributed by atoms with E-state index in [1.165, 1.54) is 12.8 Å². The number of hydrogen-bond donors (Lipinski definition) is 2. The van der Waals surface area contributed by atoms with E-state index in [1.807, 2.05) is 0 Å². The Balaban J connectivity index is 1.67. The van der Waals surface area contributed by atoms with Crippen LogP contribution in [0.1, 0.15) is 45.4 Å². The van der Waals surface area contributed by atoms with Gasteiger partial charge in [0.1, 0.15) is 0 Å². The van der Waals surface area contributed by atoms with E-state index in [0.29, 0.717) is 5.91 Å². The van der Waals surface area contributed by atoms with Crippen LogP contribution in [0.25, 0.3) is 0 Å². The van der Waals surface area contributed by atoms with Crippen molar-refractivity contribution in [2.24, 2.45) is 11.3 Å². The van der Waals surface area contributed by atoms with E-state index in [0.717, 1.165) is 51.2 Å². The van der Waals surface area contributed by atoms with Crippen LogP contribution in [0.5, 0.6) is 0 Å². The molecule has 0 spiro atoms. The highest BCUT2D eigenvalue weighted by atomic mass is 16.2. The second kappa shape index (κ2) is 5.17. The predicted molar refractivity (Wildman–Crippen MR) is 65.2 cm³/mol. The molecule has 0 aromatic rings. The van der Waals surface area contributed by atoms with Gasteiger partial charge in [-0.25, -0.2) is 0 Å². The van der Waals surface area contributed by atoms with Gasteiger partial charge in [0.2, 0.25) is 5.91 Å². The first kappa shape index (κ1) is 11.9. The van der Waals surface area contributed by atoms with Gasteiger partial charge in [-0.1, -0.05) is 13.3 Å². The molecule has 92 valence electrons. The average Bonchev–Trinajstić information content (AvgIpc) is 2.70. The summed E-state index contributed by atoms with van der Waals surface area (Å²) in [6.45, 7) is 5.29. The van der Waals surface area contributed by atoms with Gasteiger partial charge in [-0.05, 0) is 51.1 Å². The highest BCUT2D eigenvalue weighted by Gasteiger charge is 2.41. The third-order valence-electron chi connectivity index (χ3n) is 4.47. The van der Waals surface area contributed by atoms with Crippen LogP contribution in [-0.2, 0) is 4.79 Å². The quantitative estimate of drug-likeness (QED) is 0.746. The number of carbonyl (C=O) groups is 1. The molecule has 0 radical (unpaired) electrons. The monoisotopic (exact) mass is 224 g/mol. The van der Waals surface area contributed by atoms with E-state index >= 15 is 0 Å². The van der Waals surface area contributed by atoms with Crippen molar-refractivity contribution in [1.29, 1.82) is 0 Å². The normalized spacial score (nSPS) is 27.4. The molecule has 1 heterocycles. The molecule has 2 rings (SSSR count). The van der Waals surface area contributed by atoms with Gasteiger partial charge >= 0.3 is 0 Å². The zero-order valence-electron chi connectivity index (χ0n) is 10.3. The minimum atomic E-state index is 0.00786. The minimum absolute atomic E-state index is 0.00786. The molecule has 1 amide bonds. The lowest BCUT2D eigenvalue weighted by Gasteiger charge is -2.39. The molecule has 1 aliphatic heterocycles. The summed E-state index contributed by atoms with van der Waals surface area (Å²) in [5.74, 6) is 1.09. The molecule has 0 bridgehead atoms. The summed E-state index contributed by atoms with van der Waals surface area (Å²) < 4.78 is 0. The van der Waals surface area contributed by atoms with Crippen LogP contribution in [0.3, 0.4) is 0 Å². The molecule has 1 unspecified atom stereocenters. The highest BCUT2D eigenvalue weighted by Crippen LogP contribution is 2.43. The van der Waals surface area contributed by atoms with Gasteiger partial charge in [0.15, 0.2) is 0 Å². The topological polar surface area (TPSA) is 41.1 Å². The van der Waals surface area contributed by atoms with Crippen LogP contribution in [0.15, 0.2) is 0 Å². The molecular weight excluding hydrogens is 200 g/mol. The van der Waals surface area contributed by atoms with E-state index in [2.05, 4.69) is 17.6 Å². The largest absolute Gasteiger partial charge is 0.356 e. The van der Waals surface area contributed by atoms with E-state index in [-0.39, 0.29) is 5.41 Å². The molecule has 2 aliphatic rings. The Kier molecular flexibility index (Phi) is 3.85. The third kappa shape index (κ3) is 2.40. The van der Waals surface area contributed by atoms with Crippen LogP contribution < -0.4 is 10.6 Å². The van der Waals surface area contributed by atoms with E-state index in [9.17, 15) is 4.79 Å². The Morgan fingerprint density at radius 2 is 2.31 bits per heavy atom. The Morgan fingerprint density at radius 3 is 2.81 bits per heavy atom. The molecule has 2 N–H and O–H groups in total. The molecular formula is C13H24N2O. The maximum Gasteiger partial charge on any atom is 0.226 e. The molecule has 3 heteroatoms. The molecule has 1 atom stereocenters. The smallest absolute Gasteiger partial charge is 0.226 e. The molecule has 1 saturated heterocycles. The molecule has 3 nitrogen and oxygen atoms in total. The number of carbonyl (C=O) groups excluding carboxylic acids is 1. The first-order valence-electron chi connectivity index (χ1n) is 6.76. The third-order valence-corrected chi connectivity index (χ3v) is 4.47. The van der Waals surface area contributed by atoms with Gasteiger partial charge in [-0.2, -0.15) is 0 Å². The predicted octanol–water partition coefficient (Wildman–Crippen LogP) is 1.68. The lowest BCUT2D eigenvalue weighted by molar-refractivity contribution is -0.136. The SMILES string of the molecule is CCC1(C(=O)NCCC2CCNC2)CCC1. The fraction of sp³-hybridized carbons (Fsp3) is 0.923. The number of nitrogens with one attached hydrogen (secondary N) is 2. The fourth-order valence-corrected chi connectivity index (χ4v) is 2.88. The van der Waals surface area contributed by atoms with Crippen molar-refractivity contribution >= 4 is 5.91 Å². The summed E-state index contributed by atoms with van der Waals surface area (Å²) >= 11 is 0. The van der Waals surface area contributed by atoms with Crippen molar-refractivity contribution in [3.8, 4) is 0 Å². The van der Waals surface area contributed by atoms with Gasteiger partial charge in [0, 0.05) is 12.0 Å². The number of amides is 1. The Bertz CT molecular complexity index is 237. The van der Waals surface area contributed by atoms with E-state index < -0.39 is 0 Å². The van der Waals surface area contributed by atoms with Crippen molar-refractivity contribution in [2.45, 2.75) is 45.4 Å². The summed E-state index contributed by atoms with van der Waals surface area (Å²) in [6, 6.07) is 0. The van der Waals surface area contributed by atoms with Gasteiger partial charge in [0.05, 0.1) is 0 Å². The molecule has 16 heavy (non-hydrogen) atoms. The van der Waals surface area contributed by atoms with Crippen molar-refractivity contribution in [1.82, 2.24) is 10.6 Å². The van der Waals surface area contributed by atoms with Crippen molar-refractivity contribution in [3.63, 3.8) is 0 Å². The molecule has 2 fully saturated rings. The standard InChI is InChI=1S/C13H24N2O/c1-2-13(6-3-7-13)12(16)15-9-5-11-4-8-14-10-11/h11,14H,2-10H2,1H3,(H,15,16). The summed E-state index contributed by atoms with van der Waals surface area (Å²) in [5, 5.41) is 6.50. The summed E-state index contributed by atoms with van der Waals surface area (Å²) in [7, 11) is 0. The maximum atomic E-state index is 12.0. The maximum absolute atomic E-state index is 12.0. The highest BCUT2D eigenvalue weighted by molar-refractivity contribution is 5.83. The number of hydrogen-bond acceptors (Lipinski definition) is 2. The Morgan fingerprint density at radius 1 is 1.50 bits per heavy atom. The zero-order chi connectivity index (χ0) is 11.4. The Labute approximate surface area is 98.4 Å². The fourth-order valence-electron chi connectivity index (χ4n) is 2.88. The second-order valence-electron chi connectivity index (χ2n) is 5.39. The molecule has 1 aliphatic carbocycles. The van der Waals surface area contributed by atoms with Crippen LogP contribution >= 0.6 is 0 Å². The Hall–Kier alpha value is -0.570. The van der Waals surface area contributed by atoms with E-state index in [4.69, 9.17) is 0 Å². The average molecular weight is 224 g/mol. The first-order valence-corrected chi connectivity index (χ1v) is 6.76. The first-order chi connectivity index (χ1) is 7.77. The van der Waals surface area contributed by atoms with Gasteiger partial charge in [-0.15, -0.1) is 0 Å². The summed E-state index contributed by atoms with van der Waals surface area (Å²) in [6.07, 6.45) is 6.84. The lowest BCUT2D eigenvalue weighted by atomic mass is 9.66. The van der Waals surface area contributed by atoms with Gasteiger partial charge < -0.3 is 10.6 Å². The summed E-state index contributed by atoms with van der Waals surface area (Å²) in [5.41, 5.74) is 0.00786. The molecule has 0 aromatic carbocycles. The van der Waals surface area contributed by atoms with Gasteiger partial charge in [-0.3, -0.25) is 4.79 Å². The number of rotatable bonds is 5. The zero-order valence-corrected chi connectivity index (χ0v) is 10.3.